The summed E-state index contributed by atoms with van der Waals surface area (Å²) in [7, 11) is 1.59. The number of fused-ring (bicyclic) bond motifs is 2. The van der Waals surface area contributed by atoms with Crippen molar-refractivity contribution in [2.24, 2.45) is 0 Å². The van der Waals surface area contributed by atoms with Gasteiger partial charge in [-0.3, -0.25) is 9.59 Å². The van der Waals surface area contributed by atoms with E-state index in [1.165, 1.54) is 23.5 Å². The Morgan fingerprint density at radius 2 is 1.67 bits per heavy atom. The second-order valence-electron chi connectivity index (χ2n) is 5.48. The highest BCUT2D eigenvalue weighted by molar-refractivity contribution is 8.08. The normalized spacial score (nSPS) is 18.8. The Morgan fingerprint density at radius 3 is 2.42 bits per heavy atom. The quantitative estimate of drug-likeness (QED) is 0.646. The number of aryl methyl sites for hydroxylation is 1. The van der Waals surface area contributed by atoms with Crippen molar-refractivity contribution < 1.29 is 14.3 Å². The van der Waals surface area contributed by atoms with E-state index in [1.807, 2.05) is 13.0 Å². The molecule has 0 bridgehead atoms. The van der Waals surface area contributed by atoms with Gasteiger partial charge in [0.05, 0.1) is 16.9 Å². The van der Waals surface area contributed by atoms with E-state index in [2.05, 4.69) is 0 Å². The molecule has 6 heteroatoms. The number of ether oxygens (including phenoxy) is 1. The van der Waals surface area contributed by atoms with Crippen LogP contribution in [-0.2, 0) is 0 Å². The predicted octanol–water partition coefficient (Wildman–Crippen LogP) is 5.15. The Kier molecular flexibility index (Phi) is 3.75. The number of methoxy groups -OCH3 is 1. The topological polar surface area (TPSA) is 43.4 Å². The number of rotatable bonds is 1. The largest absolute Gasteiger partial charge is 0.497 e. The zero-order valence-electron chi connectivity index (χ0n) is 12.8. The van der Waals surface area contributed by atoms with Gasteiger partial charge >= 0.3 is 0 Å². The van der Waals surface area contributed by atoms with Crippen LogP contribution < -0.4 is 4.74 Å². The van der Waals surface area contributed by atoms with Gasteiger partial charge in [0, 0.05) is 25.9 Å². The Hall–Kier alpha value is -1.69. The molecule has 0 atom stereocenters. The molecular formula is C18H11ClO3S2. The van der Waals surface area contributed by atoms with Crippen LogP contribution in [0.5, 0.6) is 5.75 Å². The fourth-order valence-corrected chi connectivity index (χ4v) is 5.62. The lowest BCUT2D eigenvalue weighted by Crippen LogP contribution is -2.03. The maximum Gasteiger partial charge on any atom is 0.202 e. The summed E-state index contributed by atoms with van der Waals surface area (Å²) in [6.45, 7) is 1.86. The van der Waals surface area contributed by atoms with Crippen LogP contribution in [0.25, 0.3) is 0 Å². The van der Waals surface area contributed by atoms with E-state index in [-0.39, 0.29) is 11.6 Å². The molecule has 24 heavy (non-hydrogen) atoms. The first-order valence-corrected chi connectivity index (χ1v) is 9.18. The van der Waals surface area contributed by atoms with Crippen molar-refractivity contribution in [3.05, 3.63) is 61.9 Å². The standard InChI is InChI=1S/C18H11ClO3S2/c1-8-5-9(19)6-13-14(8)16(21)18(24-13)17-15(20)11-4-3-10(22-2)7-12(11)23-17/h3-7H,1-2H3/b18-17-. The SMILES string of the molecule is COc1ccc2c(c1)S/C(=C1\Sc3cc(Cl)cc(C)c3C1=O)C2=O. The van der Waals surface area contributed by atoms with Gasteiger partial charge in [0.1, 0.15) is 5.75 Å². The van der Waals surface area contributed by atoms with Crippen LogP contribution in [0.4, 0.5) is 0 Å². The third-order valence-corrected chi connectivity index (χ3v) is 6.60. The number of ketones is 2. The van der Waals surface area contributed by atoms with Crippen molar-refractivity contribution in [2.45, 2.75) is 16.7 Å². The first-order valence-electron chi connectivity index (χ1n) is 7.17. The van der Waals surface area contributed by atoms with Gasteiger partial charge in [-0.15, -0.1) is 0 Å². The Morgan fingerprint density at radius 1 is 0.958 bits per heavy atom. The maximum absolute atomic E-state index is 12.8. The second kappa shape index (κ2) is 5.69. The molecule has 0 saturated carbocycles. The zero-order chi connectivity index (χ0) is 17.0. The summed E-state index contributed by atoms with van der Waals surface area (Å²) >= 11 is 8.75. The summed E-state index contributed by atoms with van der Waals surface area (Å²) < 4.78 is 5.21. The minimum Gasteiger partial charge on any atom is -0.497 e. The molecule has 2 aliphatic heterocycles. The average molecular weight is 375 g/mol. The van der Waals surface area contributed by atoms with E-state index in [4.69, 9.17) is 16.3 Å². The lowest BCUT2D eigenvalue weighted by atomic mass is 10.0. The molecule has 2 heterocycles. The number of hydrogen-bond acceptors (Lipinski definition) is 5. The fourth-order valence-electron chi connectivity index (χ4n) is 2.83. The van der Waals surface area contributed by atoms with Crippen LogP contribution >= 0.6 is 35.1 Å². The Labute approximate surface area is 152 Å². The first kappa shape index (κ1) is 15.8. The highest BCUT2D eigenvalue weighted by Gasteiger charge is 2.37. The van der Waals surface area contributed by atoms with E-state index in [1.54, 1.807) is 31.4 Å². The number of carbonyl (C=O) groups is 2. The smallest absolute Gasteiger partial charge is 0.202 e. The van der Waals surface area contributed by atoms with E-state index in [0.29, 0.717) is 31.7 Å². The molecule has 0 fully saturated rings. The van der Waals surface area contributed by atoms with Crippen molar-refractivity contribution in [2.75, 3.05) is 7.11 Å². The van der Waals surface area contributed by atoms with Crippen LogP contribution in [0.1, 0.15) is 26.3 Å². The van der Waals surface area contributed by atoms with E-state index < -0.39 is 0 Å². The zero-order valence-corrected chi connectivity index (χ0v) is 15.2. The number of Topliss-reactive ketones (excluding diaryl/α,β-unsaturated/α-hetero) is 2. The molecule has 2 aromatic carbocycles. The molecule has 4 rings (SSSR count). The molecular weight excluding hydrogens is 364 g/mol. The lowest BCUT2D eigenvalue weighted by molar-refractivity contribution is 0.101. The summed E-state index contributed by atoms with van der Waals surface area (Å²) in [6, 6.07) is 8.88. The molecule has 0 N–H and O–H groups in total. The number of carbonyl (C=O) groups excluding carboxylic acids is 2. The minimum atomic E-state index is -0.106. The van der Waals surface area contributed by atoms with Crippen LogP contribution in [0.15, 0.2) is 49.9 Å². The van der Waals surface area contributed by atoms with Crippen LogP contribution in [0.3, 0.4) is 0 Å². The van der Waals surface area contributed by atoms with Crippen molar-refractivity contribution >= 4 is 46.7 Å². The molecule has 120 valence electrons. The fraction of sp³-hybridized carbons (Fsp3) is 0.111. The van der Waals surface area contributed by atoms with Crippen molar-refractivity contribution in [1.29, 1.82) is 0 Å². The monoisotopic (exact) mass is 374 g/mol. The van der Waals surface area contributed by atoms with Gasteiger partial charge in [-0.25, -0.2) is 0 Å². The van der Waals surface area contributed by atoms with Gasteiger partial charge in [0.2, 0.25) is 11.6 Å². The van der Waals surface area contributed by atoms with Gasteiger partial charge < -0.3 is 4.74 Å². The third-order valence-electron chi connectivity index (χ3n) is 3.97. The molecule has 0 radical (unpaired) electrons. The van der Waals surface area contributed by atoms with Crippen molar-refractivity contribution in [1.82, 2.24) is 0 Å². The van der Waals surface area contributed by atoms with Crippen LogP contribution in [0.2, 0.25) is 5.02 Å². The van der Waals surface area contributed by atoms with Gasteiger partial charge in [-0.05, 0) is 42.8 Å². The summed E-state index contributed by atoms with van der Waals surface area (Å²) in [6.07, 6.45) is 0. The summed E-state index contributed by atoms with van der Waals surface area (Å²) in [5.74, 6) is 0.487. The molecule has 0 spiro atoms. The Balaban J connectivity index is 1.81. The highest BCUT2D eigenvalue weighted by Crippen LogP contribution is 2.51. The molecule has 2 aromatic rings. The number of hydrogen-bond donors (Lipinski definition) is 0. The summed E-state index contributed by atoms with van der Waals surface area (Å²) in [4.78, 5) is 28.2. The van der Waals surface area contributed by atoms with Gasteiger partial charge in [0.15, 0.2) is 0 Å². The van der Waals surface area contributed by atoms with Gasteiger partial charge in [-0.2, -0.15) is 0 Å². The minimum absolute atomic E-state index is 0.0974. The molecule has 2 aliphatic rings. The van der Waals surface area contributed by atoms with E-state index in [0.717, 1.165) is 15.4 Å². The van der Waals surface area contributed by atoms with Crippen molar-refractivity contribution in [3.8, 4) is 5.75 Å². The molecule has 3 nitrogen and oxygen atoms in total. The molecule has 0 aliphatic carbocycles. The van der Waals surface area contributed by atoms with Gasteiger partial charge in [0.25, 0.3) is 0 Å². The number of thioether (sulfide) groups is 2. The molecule has 0 saturated heterocycles. The number of halogens is 1. The van der Waals surface area contributed by atoms with Crippen molar-refractivity contribution in [3.63, 3.8) is 0 Å². The summed E-state index contributed by atoms with van der Waals surface area (Å²) in [5.41, 5.74) is 2.09. The second-order valence-corrected chi connectivity index (χ2v) is 8.02. The number of allylic oxidation sites excluding steroid dienone is 2. The number of benzene rings is 2. The van der Waals surface area contributed by atoms with Gasteiger partial charge in [-0.1, -0.05) is 35.1 Å². The lowest BCUT2D eigenvalue weighted by Gasteiger charge is -2.01. The molecule has 0 unspecified atom stereocenters. The molecule has 0 amide bonds. The summed E-state index contributed by atoms with van der Waals surface area (Å²) in [5, 5.41) is 0.594. The maximum atomic E-state index is 12.8. The Bertz CT molecular complexity index is 963. The van der Waals surface area contributed by atoms with E-state index >= 15 is 0 Å². The van der Waals surface area contributed by atoms with E-state index in [9.17, 15) is 9.59 Å². The highest BCUT2D eigenvalue weighted by atomic mass is 35.5. The first-order chi connectivity index (χ1) is 11.5. The predicted molar refractivity (Wildman–Crippen MR) is 96.6 cm³/mol. The average Bonchev–Trinajstić information content (AvgIpc) is 3.04. The third kappa shape index (κ3) is 2.31. The molecule has 0 aromatic heterocycles. The van der Waals surface area contributed by atoms with Crippen LogP contribution in [0, 0.1) is 6.92 Å². The van der Waals surface area contributed by atoms with Crippen LogP contribution in [-0.4, -0.2) is 18.7 Å².